The fraction of sp³-hybridized carbons (Fsp3) is 0.278. The van der Waals surface area contributed by atoms with Crippen molar-refractivity contribution >= 4 is 28.9 Å². The van der Waals surface area contributed by atoms with Gasteiger partial charge in [0.05, 0.1) is 26.1 Å². The van der Waals surface area contributed by atoms with E-state index in [-0.39, 0.29) is 23.0 Å². The van der Waals surface area contributed by atoms with Crippen molar-refractivity contribution in [2.24, 2.45) is 7.05 Å². The van der Waals surface area contributed by atoms with Gasteiger partial charge in [-0.3, -0.25) is 4.90 Å². The highest BCUT2D eigenvalue weighted by Gasteiger charge is 2.41. The zero-order chi connectivity index (χ0) is 19.3. The zero-order valence-electron chi connectivity index (χ0n) is 15.0. The van der Waals surface area contributed by atoms with E-state index in [1.807, 2.05) is 11.9 Å². The number of likely N-dealkylation sites (N-methyl/N-ethyl adjacent to an activating group) is 1. The molecule has 27 heavy (non-hydrogen) atoms. The second-order valence-electron chi connectivity index (χ2n) is 6.37. The van der Waals surface area contributed by atoms with Crippen molar-refractivity contribution in [1.29, 1.82) is 0 Å². The average molecular weight is 406 g/mol. The van der Waals surface area contributed by atoms with Crippen LogP contribution in [-0.2, 0) is 7.05 Å². The Morgan fingerprint density at radius 2 is 2.07 bits per heavy atom. The lowest BCUT2D eigenvalue weighted by Crippen LogP contribution is -2.41. The lowest BCUT2D eigenvalue weighted by molar-refractivity contribution is -0.668. The molecule has 0 saturated heterocycles. The Labute approximate surface area is 164 Å². The van der Waals surface area contributed by atoms with Crippen LogP contribution in [0.4, 0.5) is 5.95 Å². The molecule has 0 bridgehead atoms. The fourth-order valence-corrected chi connectivity index (χ4v) is 4.56. The maximum atomic E-state index is 13.4. The molecule has 0 spiro atoms. The number of rotatable bonds is 3. The van der Waals surface area contributed by atoms with Gasteiger partial charge in [-0.05, 0) is 17.7 Å². The van der Waals surface area contributed by atoms with Crippen LogP contribution in [0.25, 0.3) is 11.1 Å². The van der Waals surface area contributed by atoms with Gasteiger partial charge in [-0.1, -0.05) is 23.7 Å². The van der Waals surface area contributed by atoms with Crippen LogP contribution in [0.15, 0.2) is 35.3 Å². The van der Waals surface area contributed by atoms with E-state index in [9.17, 15) is 9.90 Å². The minimum absolute atomic E-state index is 0.0775. The van der Waals surface area contributed by atoms with Crippen molar-refractivity contribution in [2.45, 2.75) is 6.04 Å². The van der Waals surface area contributed by atoms with Gasteiger partial charge in [-0.2, -0.15) is 4.57 Å². The SMILES string of the molecule is COc1ccc(-c2c(O)[n+](C)c3n(c2=O)C(c2cnc(Cl)s2)CN3C)cc1. The first-order chi connectivity index (χ1) is 12.9. The van der Waals surface area contributed by atoms with E-state index in [1.54, 1.807) is 53.8 Å². The number of fused-ring (bicyclic) bond motifs is 1. The number of thiazole rings is 1. The number of aromatic hydroxyl groups is 1. The van der Waals surface area contributed by atoms with Crippen molar-refractivity contribution in [3.63, 3.8) is 0 Å². The van der Waals surface area contributed by atoms with Crippen molar-refractivity contribution < 1.29 is 14.4 Å². The molecule has 0 aliphatic carbocycles. The zero-order valence-corrected chi connectivity index (χ0v) is 16.6. The van der Waals surface area contributed by atoms with Crippen molar-refractivity contribution in [3.05, 3.63) is 50.2 Å². The number of methoxy groups -OCH3 is 1. The number of benzene rings is 1. The number of nitrogens with zero attached hydrogens (tertiary/aromatic N) is 4. The summed E-state index contributed by atoms with van der Waals surface area (Å²) in [5.74, 6) is 1.23. The third kappa shape index (κ3) is 2.76. The Morgan fingerprint density at radius 3 is 2.67 bits per heavy atom. The summed E-state index contributed by atoms with van der Waals surface area (Å²) in [4.78, 5) is 20.4. The Bertz CT molecular complexity index is 1080. The van der Waals surface area contributed by atoms with Crippen LogP contribution in [0, 0.1) is 0 Å². The quantitative estimate of drug-likeness (QED) is 0.676. The summed E-state index contributed by atoms with van der Waals surface area (Å²) in [5.41, 5.74) is 0.615. The molecule has 0 fully saturated rings. The van der Waals surface area contributed by atoms with Crippen molar-refractivity contribution in [1.82, 2.24) is 9.55 Å². The van der Waals surface area contributed by atoms with Gasteiger partial charge >= 0.3 is 11.5 Å². The molecule has 0 amide bonds. The van der Waals surface area contributed by atoms with Gasteiger partial charge in [-0.15, -0.1) is 11.3 Å². The van der Waals surface area contributed by atoms with E-state index < -0.39 is 0 Å². The topological polar surface area (TPSA) is 71.5 Å². The second kappa shape index (κ2) is 6.54. The number of anilines is 1. The molecule has 9 heteroatoms. The molecule has 1 aliphatic rings. The molecular weight excluding hydrogens is 388 g/mol. The maximum Gasteiger partial charge on any atom is 0.365 e. The van der Waals surface area contributed by atoms with Gasteiger partial charge in [-0.25, -0.2) is 14.3 Å². The van der Waals surface area contributed by atoms with Gasteiger partial charge in [0.15, 0.2) is 10.5 Å². The third-order valence-corrected chi connectivity index (χ3v) is 6.01. The van der Waals surface area contributed by atoms with Crippen molar-refractivity contribution in [3.8, 4) is 22.8 Å². The minimum atomic E-state index is -0.260. The van der Waals surface area contributed by atoms with Crippen LogP contribution in [0.1, 0.15) is 10.9 Å². The van der Waals surface area contributed by atoms with E-state index in [1.165, 1.54) is 11.3 Å². The molecular formula is C18H18ClN4O3S+. The molecule has 2 aromatic heterocycles. The molecule has 4 rings (SSSR count). The minimum Gasteiger partial charge on any atom is -0.497 e. The molecule has 1 aliphatic heterocycles. The molecule has 7 nitrogen and oxygen atoms in total. The number of hydrogen-bond acceptors (Lipinski definition) is 6. The third-order valence-electron chi connectivity index (χ3n) is 4.79. The largest absolute Gasteiger partial charge is 0.497 e. The van der Waals surface area contributed by atoms with Crippen molar-refractivity contribution in [2.75, 3.05) is 25.6 Å². The summed E-state index contributed by atoms with van der Waals surface area (Å²) in [6.45, 7) is 0.590. The number of aromatic nitrogens is 3. The number of hydrogen-bond donors (Lipinski definition) is 1. The monoisotopic (exact) mass is 405 g/mol. The molecule has 140 valence electrons. The van der Waals surface area contributed by atoms with Gasteiger partial charge in [0.25, 0.3) is 5.88 Å². The van der Waals surface area contributed by atoms with E-state index in [0.29, 0.717) is 28.3 Å². The highest BCUT2D eigenvalue weighted by Crippen LogP contribution is 2.35. The first kappa shape index (κ1) is 17.8. The Balaban J connectivity index is 1.95. The molecule has 1 N–H and O–H groups in total. The summed E-state index contributed by atoms with van der Waals surface area (Å²) in [7, 11) is 5.21. The highest BCUT2D eigenvalue weighted by molar-refractivity contribution is 7.15. The number of ether oxygens (including phenoxy) is 1. The van der Waals surface area contributed by atoms with Gasteiger partial charge < -0.3 is 9.84 Å². The molecule has 3 heterocycles. The van der Waals surface area contributed by atoms with Crippen LogP contribution in [-0.4, -0.2) is 35.4 Å². The van der Waals surface area contributed by atoms with E-state index >= 15 is 0 Å². The lowest BCUT2D eigenvalue weighted by Gasteiger charge is -2.12. The molecule has 1 atom stereocenters. The smallest absolute Gasteiger partial charge is 0.365 e. The molecule has 1 unspecified atom stereocenters. The van der Waals surface area contributed by atoms with E-state index in [0.717, 1.165) is 4.88 Å². The van der Waals surface area contributed by atoms with Crippen LogP contribution in [0.3, 0.4) is 0 Å². The van der Waals surface area contributed by atoms with Crippen LogP contribution >= 0.6 is 22.9 Å². The molecule has 1 aromatic carbocycles. The summed E-state index contributed by atoms with van der Waals surface area (Å²) < 4.78 is 8.94. The van der Waals surface area contributed by atoms with E-state index in [2.05, 4.69) is 4.98 Å². The number of halogens is 1. The van der Waals surface area contributed by atoms with E-state index in [4.69, 9.17) is 16.3 Å². The molecule has 0 saturated carbocycles. The van der Waals surface area contributed by atoms with Crippen LogP contribution < -0.4 is 19.8 Å². The fourth-order valence-electron chi connectivity index (χ4n) is 3.52. The normalized spacial score (nSPS) is 15.9. The van der Waals surface area contributed by atoms with Gasteiger partial charge in [0, 0.05) is 6.20 Å². The standard InChI is InChI=1S/C18H17ClN4O3S/c1-21-9-12(13-8-20-17(19)27-13)23-16(25)14(15(24)22(2)18(21)23)10-4-6-11(26-3)7-5-10/h4-8,12H,9H2,1-3H3/p+1. The first-order valence-corrected chi connectivity index (χ1v) is 9.46. The lowest BCUT2D eigenvalue weighted by atomic mass is 10.1. The average Bonchev–Trinajstić information content (AvgIpc) is 3.24. The van der Waals surface area contributed by atoms with Gasteiger partial charge in [0.2, 0.25) is 0 Å². The summed E-state index contributed by atoms with van der Waals surface area (Å²) in [6.07, 6.45) is 1.70. The maximum absolute atomic E-state index is 13.4. The predicted octanol–water partition coefficient (Wildman–Crippen LogP) is 2.20. The summed E-state index contributed by atoms with van der Waals surface area (Å²) in [5, 5.41) is 10.8. The van der Waals surface area contributed by atoms with Crippen LogP contribution in [0.2, 0.25) is 4.47 Å². The molecule has 3 aromatic rings. The Kier molecular flexibility index (Phi) is 4.32. The highest BCUT2D eigenvalue weighted by atomic mass is 35.5. The Hall–Kier alpha value is -2.58. The first-order valence-electron chi connectivity index (χ1n) is 8.26. The molecule has 0 radical (unpaired) electrons. The van der Waals surface area contributed by atoms with Gasteiger partial charge in [0.1, 0.15) is 17.9 Å². The predicted molar refractivity (Wildman–Crippen MR) is 104 cm³/mol. The second-order valence-corrected chi connectivity index (χ2v) is 8.02. The summed E-state index contributed by atoms with van der Waals surface area (Å²) in [6, 6.07) is 6.84. The Morgan fingerprint density at radius 1 is 1.37 bits per heavy atom. The summed E-state index contributed by atoms with van der Waals surface area (Å²) >= 11 is 7.36. The van der Waals surface area contributed by atoms with Crippen LogP contribution in [0.5, 0.6) is 11.6 Å².